The van der Waals surface area contributed by atoms with Gasteiger partial charge in [0.05, 0.1) is 0 Å². The molecule has 0 N–H and O–H groups in total. The molecule has 0 aliphatic rings. The van der Waals surface area contributed by atoms with E-state index in [-0.39, 0.29) is 5.78 Å². The van der Waals surface area contributed by atoms with Gasteiger partial charge in [-0.3, -0.25) is 4.79 Å². The number of rotatable bonds is 2. The van der Waals surface area contributed by atoms with Crippen LogP contribution in [0.1, 0.15) is 27.0 Å². The molecular weight excluding hydrogens is 252 g/mol. The van der Waals surface area contributed by atoms with E-state index in [2.05, 4.69) is 6.07 Å². The summed E-state index contributed by atoms with van der Waals surface area (Å²) >= 11 is 1.63. The summed E-state index contributed by atoms with van der Waals surface area (Å²) in [6.45, 7) is 4.00. The van der Waals surface area contributed by atoms with E-state index in [0.717, 1.165) is 32.3 Å². The second kappa shape index (κ2) is 4.63. The Balaban J connectivity index is 2.16. The monoisotopic (exact) mass is 266 g/mol. The summed E-state index contributed by atoms with van der Waals surface area (Å²) in [5.41, 5.74) is 3.78. The van der Waals surface area contributed by atoms with Gasteiger partial charge < -0.3 is 0 Å². The van der Waals surface area contributed by atoms with Gasteiger partial charge >= 0.3 is 0 Å². The van der Waals surface area contributed by atoms with Crippen molar-refractivity contribution in [2.45, 2.75) is 13.8 Å². The summed E-state index contributed by atoms with van der Waals surface area (Å²) in [6, 6.07) is 14.1. The van der Waals surface area contributed by atoms with E-state index in [1.54, 1.807) is 11.3 Å². The fraction of sp³-hybridized carbons (Fsp3) is 0.118. The van der Waals surface area contributed by atoms with Crippen molar-refractivity contribution in [1.82, 2.24) is 0 Å². The molecule has 0 fully saturated rings. The molecule has 1 aromatic heterocycles. The molecular formula is C17H14OS. The normalized spacial score (nSPS) is 10.8. The molecule has 0 amide bonds. The van der Waals surface area contributed by atoms with Gasteiger partial charge in [-0.25, -0.2) is 0 Å². The van der Waals surface area contributed by atoms with Gasteiger partial charge in [0, 0.05) is 26.6 Å². The molecule has 0 spiro atoms. The van der Waals surface area contributed by atoms with Crippen LogP contribution >= 0.6 is 11.3 Å². The van der Waals surface area contributed by atoms with Gasteiger partial charge in [0.15, 0.2) is 5.78 Å². The van der Waals surface area contributed by atoms with E-state index < -0.39 is 0 Å². The van der Waals surface area contributed by atoms with Gasteiger partial charge in [-0.2, -0.15) is 0 Å². The van der Waals surface area contributed by atoms with Gasteiger partial charge in [-0.15, -0.1) is 11.3 Å². The maximum atomic E-state index is 12.7. The van der Waals surface area contributed by atoms with Crippen LogP contribution in [0.15, 0.2) is 47.8 Å². The Morgan fingerprint density at radius 2 is 1.79 bits per heavy atom. The Kier molecular flexibility index (Phi) is 2.96. The van der Waals surface area contributed by atoms with Crippen LogP contribution in [-0.4, -0.2) is 5.78 Å². The van der Waals surface area contributed by atoms with Crippen molar-refractivity contribution in [2.75, 3.05) is 0 Å². The van der Waals surface area contributed by atoms with Crippen LogP contribution in [0.25, 0.3) is 10.1 Å². The molecule has 0 aliphatic heterocycles. The van der Waals surface area contributed by atoms with Crippen molar-refractivity contribution in [3.05, 3.63) is 70.1 Å². The minimum atomic E-state index is 0.124. The number of fused-ring (bicyclic) bond motifs is 1. The highest BCUT2D eigenvalue weighted by atomic mass is 32.1. The number of hydrogen-bond donors (Lipinski definition) is 0. The lowest BCUT2D eigenvalue weighted by atomic mass is 9.97. The van der Waals surface area contributed by atoms with E-state index in [1.807, 2.05) is 55.6 Å². The fourth-order valence-corrected chi connectivity index (χ4v) is 3.22. The van der Waals surface area contributed by atoms with E-state index in [9.17, 15) is 4.79 Å². The second-order valence-corrected chi connectivity index (χ2v) is 5.70. The lowest BCUT2D eigenvalue weighted by Gasteiger charge is -2.05. The lowest BCUT2D eigenvalue weighted by Crippen LogP contribution is -2.03. The first-order valence-corrected chi connectivity index (χ1v) is 7.13. The molecule has 2 heteroatoms. The zero-order valence-electron chi connectivity index (χ0n) is 10.9. The molecule has 2 aromatic carbocycles. The third kappa shape index (κ3) is 2.08. The smallest absolute Gasteiger partial charge is 0.194 e. The number of hydrogen-bond acceptors (Lipinski definition) is 2. The molecule has 0 aliphatic carbocycles. The van der Waals surface area contributed by atoms with E-state index in [1.165, 1.54) is 0 Å². The molecule has 0 saturated carbocycles. The summed E-state index contributed by atoms with van der Waals surface area (Å²) in [5.74, 6) is 0.124. The number of carbonyl (C=O) groups excluding carboxylic acids is 1. The minimum absolute atomic E-state index is 0.124. The van der Waals surface area contributed by atoms with Crippen molar-refractivity contribution < 1.29 is 4.79 Å². The van der Waals surface area contributed by atoms with Crippen molar-refractivity contribution >= 4 is 27.2 Å². The summed E-state index contributed by atoms with van der Waals surface area (Å²) in [7, 11) is 0. The number of benzene rings is 2. The topological polar surface area (TPSA) is 17.1 Å². The van der Waals surface area contributed by atoms with Gasteiger partial charge in [0.1, 0.15) is 0 Å². The summed E-state index contributed by atoms with van der Waals surface area (Å²) in [6.07, 6.45) is 0. The highest BCUT2D eigenvalue weighted by molar-refractivity contribution is 7.17. The average molecular weight is 266 g/mol. The first-order valence-electron chi connectivity index (χ1n) is 6.25. The molecule has 1 heterocycles. The molecule has 94 valence electrons. The summed E-state index contributed by atoms with van der Waals surface area (Å²) in [5, 5.41) is 3.02. The number of thiophene rings is 1. The molecule has 0 bridgehead atoms. The average Bonchev–Trinajstić information content (AvgIpc) is 2.84. The SMILES string of the molecule is Cc1ccc(C)c(C(=O)c2csc3ccccc23)c1. The van der Waals surface area contributed by atoms with Crippen LogP contribution in [0.2, 0.25) is 0 Å². The molecule has 3 aromatic rings. The van der Waals surface area contributed by atoms with Crippen molar-refractivity contribution in [1.29, 1.82) is 0 Å². The van der Waals surface area contributed by atoms with Crippen LogP contribution in [0.5, 0.6) is 0 Å². The number of ketones is 1. The predicted molar refractivity (Wildman–Crippen MR) is 81.2 cm³/mol. The highest BCUT2D eigenvalue weighted by Crippen LogP contribution is 2.28. The standard InChI is InChI=1S/C17H14OS/c1-11-7-8-12(2)14(9-11)17(18)15-10-19-16-6-4-3-5-13(15)16/h3-10H,1-2H3. The largest absolute Gasteiger partial charge is 0.289 e. The number of aryl methyl sites for hydroxylation is 2. The Bertz CT molecular complexity index is 768. The molecule has 0 atom stereocenters. The molecule has 0 unspecified atom stereocenters. The van der Waals surface area contributed by atoms with Crippen LogP contribution in [0.4, 0.5) is 0 Å². The highest BCUT2D eigenvalue weighted by Gasteiger charge is 2.15. The summed E-state index contributed by atoms with van der Waals surface area (Å²) < 4.78 is 1.16. The Hall–Kier alpha value is -1.93. The first-order chi connectivity index (χ1) is 9.16. The Labute approximate surface area is 116 Å². The second-order valence-electron chi connectivity index (χ2n) is 4.79. The van der Waals surface area contributed by atoms with Crippen LogP contribution in [-0.2, 0) is 0 Å². The van der Waals surface area contributed by atoms with E-state index in [0.29, 0.717) is 0 Å². The summed E-state index contributed by atoms with van der Waals surface area (Å²) in [4.78, 5) is 12.7. The van der Waals surface area contributed by atoms with E-state index >= 15 is 0 Å². The van der Waals surface area contributed by atoms with Crippen molar-refractivity contribution in [2.24, 2.45) is 0 Å². The van der Waals surface area contributed by atoms with Crippen molar-refractivity contribution in [3.8, 4) is 0 Å². The van der Waals surface area contributed by atoms with Gasteiger partial charge in [-0.05, 0) is 31.5 Å². The fourth-order valence-electron chi connectivity index (χ4n) is 2.28. The molecule has 1 nitrogen and oxygen atoms in total. The molecule has 0 saturated heterocycles. The van der Waals surface area contributed by atoms with E-state index in [4.69, 9.17) is 0 Å². The maximum Gasteiger partial charge on any atom is 0.194 e. The van der Waals surface area contributed by atoms with Crippen LogP contribution < -0.4 is 0 Å². The molecule has 3 rings (SSSR count). The third-order valence-electron chi connectivity index (χ3n) is 3.36. The quantitative estimate of drug-likeness (QED) is 0.612. The number of carbonyl (C=O) groups is 1. The molecule has 19 heavy (non-hydrogen) atoms. The lowest BCUT2D eigenvalue weighted by molar-refractivity contribution is 0.104. The molecule has 0 radical (unpaired) electrons. The van der Waals surface area contributed by atoms with Gasteiger partial charge in [0.2, 0.25) is 0 Å². The maximum absolute atomic E-state index is 12.7. The Morgan fingerprint density at radius 3 is 2.63 bits per heavy atom. The van der Waals surface area contributed by atoms with Gasteiger partial charge in [0.25, 0.3) is 0 Å². The van der Waals surface area contributed by atoms with Crippen molar-refractivity contribution in [3.63, 3.8) is 0 Å². The predicted octanol–water partition coefficient (Wildman–Crippen LogP) is 4.75. The Morgan fingerprint density at radius 1 is 1.00 bits per heavy atom. The zero-order valence-corrected chi connectivity index (χ0v) is 11.8. The minimum Gasteiger partial charge on any atom is -0.289 e. The van der Waals surface area contributed by atoms with Gasteiger partial charge in [-0.1, -0.05) is 35.9 Å². The third-order valence-corrected chi connectivity index (χ3v) is 4.33. The first kappa shape index (κ1) is 12.1. The zero-order chi connectivity index (χ0) is 13.4. The van der Waals surface area contributed by atoms with Crippen LogP contribution in [0.3, 0.4) is 0 Å². The van der Waals surface area contributed by atoms with Crippen LogP contribution in [0, 0.1) is 13.8 Å².